The normalized spacial score (nSPS) is 10.1. The van der Waals surface area contributed by atoms with E-state index in [2.05, 4.69) is 28.2 Å². The molecule has 0 saturated carbocycles. The predicted octanol–water partition coefficient (Wildman–Crippen LogP) is 4.06. The maximum absolute atomic E-state index is 5.18. The lowest BCUT2D eigenvalue weighted by Crippen LogP contribution is -2.02. The molecule has 2 nitrogen and oxygen atoms in total. The molecule has 0 aromatic heterocycles. The van der Waals surface area contributed by atoms with Crippen LogP contribution in [-0.4, -0.2) is 13.7 Å². The van der Waals surface area contributed by atoms with E-state index in [1.807, 2.05) is 18.2 Å². The van der Waals surface area contributed by atoms with E-state index in [-0.39, 0.29) is 0 Å². The van der Waals surface area contributed by atoms with Crippen LogP contribution in [0.5, 0.6) is 5.75 Å². The first kappa shape index (κ1) is 12.4. The van der Waals surface area contributed by atoms with Crippen molar-refractivity contribution in [3.63, 3.8) is 0 Å². The monoisotopic (exact) mass is 271 g/mol. The number of anilines is 1. The molecule has 0 heterocycles. The molecular weight excluding hydrogens is 254 g/mol. The number of rotatable bonds is 6. The molecule has 0 bridgehead atoms. The van der Waals surface area contributed by atoms with Crippen molar-refractivity contribution < 1.29 is 4.74 Å². The van der Waals surface area contributed by atoms with Crippen molar-refractivity contribution in [1.29, 1.82) is 0 Å². The molecule has 0 aliphatic rings. The van der Waals surface area contributed by atoms with Gasteiger partial charge in [-0.25, -0.2) is 0 Å². The molecule has 1 rings (SSSR count). The number of hydrogen-bond donors (Lipinski definition) is 1. The summed E-state index contributed by atoms with van der Waals surface area (Å²) in [4.78, 5) is 0. The minimum absolute atomic E-state index is 0.885. The summed E-state index contributed by atoms with van der Waals surface area (Å²) in [6.45, 7) is 3.22. The Balaban J connectivity index is 2.51. The summed E-state index contributed by atoms with van der Waals surface area (Å²) in [6, 6.07) is 5.96. The van der Waals surface area contributed by atoms with Gasteiger partial charge >= 0.3 is 0 Å². The maximum atomic E-state index is 5.18. The van der Waals surface area contributed by atoms with Gasteiger partial charge in [-0.05, 0) is 34.5 Å². The van der Waals surface area contributed by atoms with Crippen LogP contribution < -0.4 is 10.1 Å². The molecule has 0 aliphatic carbocycles. The molecular formula is C12H18BrNO. The zero-order valence-corrected chi connectivity index (χ0v) is 10.9. The Morgan fingerprint density at radius 1 is 1.33 bits per heavy atom. The summed E-state index contributed by atoms with van der Waals surface area (Å²) in [7, 11) is 1.68. The highest BCUT2D eigenvalue weighted by Crippen LogP contribution is 2.26. The van der Waals surface area contributed by atoms with Crippen LogP contribution in [-0.2, 0) is 0 Å². The predicted molar refractivity (Wildman–Crippen MR) is 68.7 cm³/mol. The van der Waals surface area contributed by atoms with E-state index in [1.54, 1.807) is 7.11 Å². The Morgan fingerprint density at radius 2 is 2.13 bits per heavy atom. The summed E-state index contributed by atoms with van der Waals surface area (Å²) in [6.07, 6.45) is 3.73. The van der Waals surface area contributed by atoms with Gasteiger partial charge < -0.3 is 10.1 Å². The quantitative estimate of drug-likeness (QED) is 0.788. The third kappa shape index (κ3) is 4.12. The summed E-state index contributed by atoms with van der Waals surface area (Å²) in [5.41, 5.74) is 1.10. The molecule has 1 aromatic carbocycles. The lowest BCUT2D eigenvalue weighted by Gasteiger charge is -2.09. The van der Waals surface area contributed by atoms with Crippen LogP contribution in [0.2, 0.25) is 0 Å². The molecule has 0 atom stereocenters. The van der Waals surface area contributed by atoms with E-state index in [0.29, 0.717) is 0 Å². The van der Waals surface area contributed by atoms with Gasteiger partial charge in [-0.2, -0.15) is 0 Å². The number of methoxy groups -OCH3 is 1. The summed E-state index contributed by atoms with van der Waals surface area (Å²) < 4.78 is 6.26. The average Bonchev–Trinajstić information content (AvgIpc) is 2.26. The molecule has 1 aromatic rings. The Morgan fingerprint density at radius 3 is 2.80 bits per heavy atom. The van der Waals surface area contributed by atoms with Crippen LogP contribution >= 0.6 is 15.9 Å². The molecule has 3 heteroatoms. The molecule has 1 N–H and O–H groups in total. The van der Waals surface area contributed by atoms with Crippen molar-refractivity contribution in [1.82, 2.24) is 0 Å². The zero-order chi connectivity index (χ0) is 11.1. The van der Waals surface area contributed by atoms with E-state index in [4.69, 9.17) is 4.74 Å². The minimum atomic E-state index is 0.885. The number of benzene rings is 1. The zero-order valence-electron chi connectivity index (χ0n) is 9.35. The fourth-order valence-electron chi connectivity index (χ4n) is 1.36. The molecule has 0 aliphatic heterocycles. The maximum Gasteiger partial charge on any atom is 0.121 e. The van der Waals surface area contributed by atoms with Crippen LogP contribution in [0, 0.1) is 0 Å². The Bertz CT molecular complexity index is 302. The van der Waals surface area contributed by atoms with Crippen molar-refractivity contribution in [2.45, 2.75) is 26.2 Å². The number of nitrogens with one attached hydrogen (secondary N) is 1. The Hall–Kier alpha value is -0.700. The highest BCUT2D eigenvalue weighted by atomic mass is 79.9. The average molecular weight is 272 g/mol. The molecule has 15 heavy (non-hydrogen) atoms. The number of halogens is 1. The van der Waals surface area contributed by atoms with E-state index >= 15 is 0 Å². The third-order valence-electron chi connectivity index (χ3n) is 2.27. The summed E-state index contributed by atoms with van der Waals surface area (Å²) in [5.74, 6) is 0.885. The first-order valence-electron chi connectivity index (χ1n) is 5.35. The molecule has 0 fully saturated rings. The number of ether oxygens (including phenoxy) is 1. The standard InChI is InChI=1S/C12H18BrNO/c1-3-4-5-8-14-12-9-10(15-2)6-7-11(12)13/h6-7,9,14H,3-5,8H2,1-2H3. The van der Waals surface area contributed by atoms with Gasteiger partial charge in [0.2, 0.25) is 0 Å². The second-order valence-corrected chi connectivity index (χ2v) is 4.33. The lowest BCUT2D eigenvalue weighted by molar-refractivity contribution is 0.415. The van der Waals surface area contributed by atoms with Crippen LogP contribution in [0.1, 0.15) is 26.2 Å². The van der Waals surface area contributed by atoms with Crippen molar-refractivity contribution >= 4 is 21.6 Å². The molecule has 0 unspecified atom stereocenters. The highest BCUT2D eigenvalue weighted by molar-refractivity contribution is 9.10. The minimum Gasteiger partial charge on any atom is -0.497 e. The SMILES string of the molecule is CCCCCNc1cc(OC)ccc1Br. The van der Waals surface area contributed by atoms with Gasteiger partial charge in [0.25, 0.3) is 0 Å². The van der Waals surface area contributed by atoms with Crippen molar-refractivity contribution in [2.75, 3.05) is 19.0 Å². The van der Waals surface area contributed by atoms with Gasteiger partial charge in [0.15, 0.2) is 0 Å². The smallest absolute Gasteiger partial charge is 0.121 e. The van der Waals surface area contributed by atoms with Gasteiger partial charge in [-0.3, -0.25) is 0 Å². The number of hydrogen-bond acceptors (Lipinski definition) is 2. The van der Waals surface area contributed by atoms with E-state index in [1.165, 1.54) is 19.3 Å². The molecule has 0 amide bonds. The third-order valence-corrected chi connectivity index (χ3v) is 2.96. The first-order valence-corrected chi connectivity index (χ1v) is 6.14. The van der Waals surface area contributed by atoms with Crippen LogP contribution in [0.4, 0.5) is 5.69 Å². The largest absolute Gasteiger partial charge is 0.497 e. The summed E-state index contributed by atoms with van der Waals surface area (Å²) in [5, 5.41) is 3.40. The highest BCUT2D eigenvalue weighted by Gasteiger charge is 2.00. The van der Waals surface area contributed by atoms with Crippen LogP contribution in [0.25, 0.3) is 0 Å². The van der Waals surface area contributed by atoms with E-state index in [0.717, 1.165) is 22.5 Å². The van der Waals surface area contributed by atoms with Crippen molar-refractivity contribution in [3.05, 3.63) is 22.7 Å². The second-order valence-electron chi connectivity index (χ2n) is 3.48. The Labute approximate surface area is 100 Å². The lowest BCUT2D eigenvalue weighted by atomic mass is 10.2. The van der Waals surface area contributed by atoms with Crippen LogP contribution in [0.3, 0.4) is 0 Å². The molecule has 0 radical (unpaired) electrons. The number of unbranched alkanes of at least 4 members (excludes halogenated alkanes) is 2. The fourth-order valence-corrected chi connectivity index (χ4v) is 1.75. The van der Waals surface area contributed by atoms with Crippen molar-refractivity contribution in [3.8, 4) is 5.75 Å². The topological polar surface area (TPSA) is 21.3 Å². The fraction of sp³-hybridized carbons (Fsp3) is 0.500. The van der Waals surface area contributed by atoms with Gasteiger partial charge in [0, 0.05) is 17.1 Å². The van der Waals surface area contributed by atoms with Gasteiger partial charge in [-0.1, -0.05) is 19.8 Å². The first-order chi connectivity index (χ1) is 7.27. The molecule has 0 saturated heterocycles. The van der Waals surface area contributed by atoms with Crippen LogP contribution in [0.15, 0.2) is 22.7 Å². The molecule has 84 valence electrons. The summed E-state index contributed by atoms with van der Waals surface area (Å²) >= 11 is 3.51. The van der Waals surface area contributed by atoms with Gasteiger partial charge in [-0.15, -0.1) is 0 Å². The van der Waals surface area contributed by atoms with E-state index < -0.39 is 0 Å². The van der Waals surface area contributed by atoms with Gasteiger partial charge in [0.05, 0.1) is 12.8 Å². The second kappa shape index (κ2) is 6.72. The van der Waals surface area contributed by atoms with E-state index in [9.17, 15) is 0 Å². The molecule has 0 spiro atoms. The Kier molecular flexibility index (Phi) is 5.54. The van der Waals surface area contributed by atoms with Crippen molar-refractivity contribution in [2.24, 2.45) is 0 Å². The van der Waals surface area contributed by atoms with Gasteiger partial charge in [0.1, 0.15) is 5.75 Å².